The molecule has 2 heterocycles. The Morgan fingerprint density at radius 3 is 2.57 bits per heavy atom. The Kier molecular flexibility index (Phi) is 6.00. The summed E-state index contributed by atoms with van der Waals surface area (Å²) >= 11 is 0. The van der Waals surface area contributed by atoms with Gasteiger partial charge in [0.05, 0.1) is 24.5 Å². The van der Waals surface area contributed by atoms with Gasteiger partial charge in [-0.25, -0.2) is 9.36 Å². The topological polar surface area (TPSA) is 91.0 Å². The molecule has 1 amide bonds. The van der Waals surface area contributed by atoms with Crippen molar-refractivity contribution in [2.24, 2.45) is 0 Å². The first-order valence-corrected chi connectivity index (χ1v) is 8.97. The summed E-state index contributed by atoms with van der Waals surface area (Å²) in [6.07, 6.45) is 0. The van der Waals surface area contributed by atoms with Gasteiger partial charge < -0.3 is 10.1 Å². The van der Waals surface area contributed by atoms with E-state index in [4.69, 9.17) is 4.74 Å². The van der Waals surface area contributed by atoms with Crippen LogP contribution in [0.25, 0.3) is 5.69 Å². The second-order valence-corrected chi connectivity index (χ2v) is 6.35. The maximum absolute atomic E-state index is 12.5. The van der Waals surface area contributed by atoms with E-state index in [1.165, 1.54) is 16.8 Å². The maximum Gasteiger partial charge on any atom is 0.271 e. The summed E-state index contributed by atoms with van der Waals surface area (Å²) in [7, 11) is 1.54. The van der Waals surface area contributed by atoms with E-state index in [1.54, 1.807) is 7.11 Å². The first-order valence-electron chi connectivity index (χ1n) is 8.97. The quantitative estimate of drug-likeness (QED) is 0.672. The number of rotatable bonds is 7. The molecule has 0 bridgehead atoms. The molecule has 2 aromatic heterocycles. The van der Waals surface area contributed by atoms with Crippen molar-refractivity contribution in [1.29, 1.82) is 0 Å². The van der Waals surface area contributed by atoms with Crippen molar-refractivity contribution in [3.8, 4) is 5.69 Å². The minimum atomic E-state index is -0.350. The maximum atomic E-state index is 12.5. The molecule has 0 aliphatic rings. The van der Waals surface area contributed by atoms with Gasteiger partial charge in [-0.15, -0.1) is 0 Å². The van der Waals surface area contributed by atoms with Crippen molar-refractivity contribution in [2.45, 2.75) is 26.9 Å². The Hall–Kier alpha value is -3.26. The molecule has 1 N–H and O–H groups in total. The van der Waals surface area contributed by atoms with Crippen LogP contribution in [0.3, 0.4) is 0 Å². The number of ether oxygens (including phenoxy) is 1. The second kappa shape index (κ2) is 8.62. The highest BCUT2D eigenvalue weighted by Gasteiger charge is 2.15. The van der Waals surface area contributed by atoms with Gasteiger partial charge in [0.25, 0.3) is 11.5 Å². The van der Waals surface area contributed by atoms with Crippen LogP contribution in [0, 0.1) is 13.8 Å². The van der Waals surface area contributed by atoms with Gasteiger partial charge in [-0.3, -0.25) is 9.59 Å². The summed E-state index contributed by atoms with van der Waals surface area (Å²) in [4.78, 5) is 24.3. The number of aryl methyl sites for hydroxylation is 1. The molecule has 0 aliphatic carbocycles. The number of carbonyl (C=O) groups excluding carboxylic acids is 1. The van der Waals surface area contributed by atoms with Crippen LogP contribution in [-0.4, -0.2) is 39.2 Å². The van der Waals surface area contributed by atoms with Crippen LogP contribution in [0.2, 0.25) is 0 Å². The molecule has 8 nitrogen and oxygen atoms in total. The summed E-state index contributed by atoms with van der Waals surface area (Å²) in [5.74, 6) is -0.350. The number of benzene rings is 1. The largest absolute Gasteiger partial charge is 0.383 e. The molecule has 8 heteroatoms. The minimum absolute atomic E-state index is 0.182. The molecule has 146 valence electrons. The van der Waals surface area contributed by atoms with Crippen molar-refractivity contribution < 1.29 is 9.53 Å². The predicted molar refractivity (Wildman–Crippen MR) is 105 cm³/mol. The first kappa shape index (κ1) is 19.5. The zero-order valence-electron chi connectivity index (χ0n) is 16.2. The van der Waals surface area contributed by atoms with Crippen molar-refractivity contribution in [1.82, 2.24) is 24.9 Å². The smallest absolute Gasteiger partial charge is 0.271 e. The van der Waals surface area contributed by atoms with Crippen LogP contribution in [0.1, 0.15) is 27.4 Å². The van der Waals surface area contributed by atoms with E-state index >= 15 is 0 Å². The van der Waals surface area contributed by atoms with Crippen LogP contribution in [0.5, 0.6) is 0 Å². The number of hydrogen-bond donors (Lipinski definition) is 1. The lowest BCUT2D eigenvalue weighted by Gasteiger charge is -2.08. The number of para-hydroxylation sites is 1. The Balaban J connectivity index is 1.75. The van der Waals surface area contributed by atoms with E-state index in [0.29, 0.717) is 19.7 Å². The zero-order chi connectivity index (χ0) is 20.1. The lowest BCUT2D eigenvalue weighted by Crippen LogP contribution is -2.30. The Bertz CT molecular complexity index is 1020. The fraction of sp³-hybridized carbons (Fsp3) is 0.300. The molecule has 0 unspecified atom stereocenters. The van der Waals surface area contributed by atoms with E-state index in [2.05, 4.69) is 15.5 Å². The average Bonchev–Trinajstić information content (AvgIpc) is 2.99. The van der Waals surface area contributed by atoms with E-state index in [0.717, 1.165) is 22.6 Å². The molecule has 0 saturated carbocycles. The number of carbonyl (C=O) groups is 1. The van der Waals surface area contributed by atoms with E-state index in [1.807, 2.05) is 48.9 Å². The fourth-order valence-electron chi connectivity index (χ4n) is 2.92. The van der Waals surface area contributed by atoms with Crippen LogP contribution in [-0.2, 0) is 17.8 Å². The molecular formula is C20H23N5O3. The number of nitrogens with zero attached hydrogens (tertiary/aromatic N) is 4. The summed E-state index contributed by atoms with van der Waals surface area (Å²) in [6, 6.07) is 12.6. The highest BCUT2D eigenvalue weighted by molar-refractivity contribution is 5.91. The zero-order valence-corrected chi connectivity index (χ0v) is 16.2. The van der Waals surface area contributed by atoms with Gasteiger partial charge in [-0.05, 0) is 32.0 Å². The number of aromatic nitrogens is 4. The van der Waals surface area contributed by atoms with Crippen LogP contribution in [0.4, 0.5) is 0 Å². The van der Waals surface area contributed by atoms with Crippen molar-refractivity contribution >= 4 is 5.91 Å². The SMILES string of the molecule is COCCn1nc(C(=O)NCc2c(C)nn(-c3ccccc3)c2C)ccc1=O. The van der Waals surface area contributed by atoms with Gasteiger partial charge in [0.2, 0.25) is 0 Å². The van der Waals surface area contributed by atoms with Gasteiger partial charge in [0, 0.05) is 31.0 Å². The van der Waals surface area contributed by atoms with Gasteiger partial charge in [-0.2, -0.15) is 10.2 Å². The molecule has 1 aromatic carbocycles. The fourth-order valence-corrected chi connectivity index (χ4v) is 2.92. The summed E-state index contributed by atoms with van der Waals surface area (Å²) in [5, 5.41) is 11.6. The monoisotopic (exact) mass is 381 g/mol. The van der Waals surface area contributed by atoms with Crippen molar-refractivity contribution in [2.75, 3.05) is 13.7 Å². The minimum Gasteiger partial charge on any atom is -0.383 e. The third-order valence-electron chi connectivity index (χ3n) is 4.47. The summed E-state index contributed by atoms with van der Waals surface area (Å²) < 4.78 is 8.05. The van der Waals surface area contributed by atoms with Gasteiger partial charge in [-0.1, -0.05) is 18.2 Å². The predicted octanol–water partition coefficient (Wildman–Crippen LogP) is 1.62. The second-order valence-electron chi connectivity index (χ2n) is 6.35. The molecule has 28 heavy (non-hydrogen) atoms. The standard InChI is InChI=1S/C20H23N5O3/c1-14-17(15(2)25(22-14)16-7-5-4-6-8-16)13-21-20(27)18-9-10-19(26)24(23-18)11-12-28-3/h4-10H,11-13H2,1-3H3,(H,21,27). The van der Waals surface area contributed by atoms with E-state index in [-0.39, 0.29) is 17.2 Å². The van der Waals surface area contributed by atoms with E-state index < -0.39 is 0 Å². The number of nitrogens with one attached hydrogen (secondary N) is 1. The molecule has 0 saturated heterocycles. The lowest BCUT2D eigenvalue weighted by atomic mass is 10.2. The molecule has 3 rings (SSSR count). The normalized spacial score (nSPS) is 10.8. The molecule has 0 atom stereocenters. The van der Waals surface area contributed by atoms with Gasteiger partial charge in [0.15, 0.2) is 0 Å². The molecule has 3 aromatic rings. The summed E-state index contributed by atoms with van der Waals surface area (Å²) in [5.41, 5.74) is 3.63. The Labute approximate surface area is 162 Å². The van der Waals surface area contributed by atoms with E-state index in [9.17, 15) is 9.59 Å². The van der Waals surface area contributed by atoms with Gasteiger partial charge in [0.1, 0.15) is 5.69 Å². The average molecular weight is 381 g/mol. The molecule has 0 radical (unpaired) electrons. The van der Waals surface area contributed by atoms with Crippen LogP contribution < -0.4 is 10.9 Å². The molecule has 0 aliphatic heterocycles. The third-order valence-corrected chi connectivity index (χ3v) is 4.47. The van der Waals surface area contributed by atoms with Crippen molar-refractivity contribution in [3.63, 3.8) is 0 Å². The lowest BCUT2D eigenvalue weighted by molar-refractivity contribution is 0.0942. The van der Waals surface area contributed by atoms with Crippen LogP contribution in [0.15, 0.2) is 47.3 Å². The summed E-state index contributed by atoms with van der Waals surface area (Å²) in [6.45, 7) is 4.84. The molecular weight excluding hydrogens is 358 g/mol. The van der Waals surface area contributed by atoms with Crippen molar-refractivity contribution in [3.05, 3.63) is 75.5 Å². The Morgan fingerprint density at radius 2 is 1.86 bits per heavy atom. The third kappa shape index (κ3) is 4.17. The molecule has 0 fully saturated rings. The first-order chi connectivity index (χ1) is 13.5. The van der Waals surface area contributed by atoms with Gasteiger partial charge >= 0.3 is 0 Å². The van der Waals surface area contributed by atoms with Crippen LogP contribution >= 0.6 is 0 Å². The highest BCUT2D eigenvalue weighted by atomic mass is 16.5. The number of hydrogen-bond acceptors (Lipinski definition) is 5. The molecule has 0 spiro atoms. The Morgan fingerprint density at radius 1 is 1.11 bits per heavy atom. The highest BCUT2D eigenvalue weighted by Crippen LogP contribution is 2.17. The number of methoxy groups -OCH3 is 1. The number of amides is 1.